The van der Waals surface area contributed by atoms with Crippen molar-refractivity contribution in [2.45, 2.75) is 50.0 Å². The third-order valence-electron chi connectivity index (χ3n) is 5.41. The third kappa shape index (κ3) is 8.77. The minimum atomic E-state index is -1.54. The molecule has 0 fully saturated rings. The molecule has 0 aliphatic heterocycles. The number of nitrogens with one attached hydrogen (secondary N) is 3. The number of nitrogens with two attached hydrogens (primary N) is 1. The molecule has 0 saturated carbocycles. The summed E-state index contributed by atoms with van der Waals surface area (Å²) in [4.78, 5) is 49.6. The number of aliphatic hydroxyl groups is 2. The highest BCUT2D eigenvalue weighted by Crippen LogP contribution is 2.06. The van der Waals surface area contributed by atoms with Crippen LogP contribution in [0.1, 0.15) is 18.1 Å². The standard InChI is InChI=1S/C25H32N4O7/c1-15(31)21(24(34)27-19(25(35)36)13-17-10-6-3-7-11-17)29-23(33)20(14-30)28-22(32)18(26)12-16-8-4-2-5-9-16/h2-11,15,18-21,30-31H,12-14,26H2,1H3,(H,27,34)(H,28,32)(H,29,33)(H,35,36). The van der Waals surface area contributed by atoms with Crippen LogP contribution in [0.2, 0.25) is 0 Å². The first-order chi connectivity index (χ1) is 17.1. The minimum Gasteiger partial charge on any atom is -0.480 e. The number of carboxylic acid groups (broad SMARTS) is 1. The summed E-state index contributed by atoms with van der Waals surface area (Å²) in [6, 6.07) is 12.3. The minimum absolute atomic E-state index is 0.0169. The lowest BCUT2D eigenvalue weighted by atomic mass is 10.0. The Morgan fingerprint density at radius 3 is 1.75 bits per heavy atom. The molecule has 0 spiro atoms. The second-order valence-corrected chi connectivity index (χ2v) is 8.36. The average molecular weight is 501 g/mol. The van der Waals surface area contributed by atoms with Crippen molar-refractivity contribution in [2.75, 3.05) is 6.61 Å². The lowest BCUT2D eigenvalue weighted by Gasteiger charge is -2.26. The molecular formula is C25H32N4O7. The maximum atomic E-state index is 12.8. The van der Waals surface area contributed by atoms with E-state index in [0.717, 1.165) is 5.56 Å². The summed E-state index contributed by atoms with van der Waals surface area (Å²) in [5, 5.41) is 36.1. The second kappa shape index (κ2) is 13.9. The Kier molecular flexibility index (Phi) is 11.0. The zero-order valence-corrected chi connectivity index (χ0v) is 19.8. The Hall–Kier alpha value is -3.80. The van der Waals surface area contributed by atoms with Crippen molar-refractivity contribution < 1.29 is 34.5 Å². The van der Waals surface area contributed by atoms with E-state index in [9.17, 15) is 34.5 Å². The van der Waals surface area contributed by atoms with Gasteiger partial charge in [0.2, 0.25) is 17.7 Å². The lowest BCUT2D eigenvalue weighted by molar-refractivity contribution is -0.143. The van der Waals surface area contributed by atoms with Crippen molar-refractivity contribution in [2.24, 2.45) is 5.73 Å². The summed E-state index contributed by atoms with van der Waals surface area (Å²) in [7, 11) is 0. The number of amides is 3. The highest BCUT2D eigenvalue weighted by Gasteiger charge is 2.32. The fourth-order valence-corrected chi connectivity index (χ4v) is 3.40. The molecule has 5 atom stereocenters. The molecular weight excluding hydrogens is 468 g/mol. The predicted molar refractivity (Wildman–Crippen MR) is 130 cm³/mol. The molecule has 0 aliphatic rings. The van der Waals surface area contributed by atoms with E-state index in [-0.39, 0.29) is 12.8 Å². The van der Waals surface area contributed by atoms with Crippen LogP contribution < -0.4 is 21.7 Å². The molecule has 0 heterocycles. The van der Waals surface area contributed by atoms with Crippen molar-refractivity contribution in [3.63, 3.8) is 0 Å². The molecule has 8 N–H and O–H groups in total. The van der Waals surface area contributed by atoms with Gasteiger partial charge in [-0.05, 0) is 24.5 Å². The molecule has 2 aromatic rings. The van der Waals surface area contributed by atoms with Crippen molar-refractivity contribution >= 4 is 23.7 Å². The van der Waals surface area contributed by atoms with Crippen LogP contribution in [0.5, 0.6) is 0 Å². The summed E-state index contributed by atoms with van der Waals surface area (Å²) < 4.78 is 0. The summed E-state index contributed by atoms with van der Waals surface area (Å²) in [6.07, 6.45) is -1.23. The van der Waals surface area contributed by atoms with E-state index in [1.165, 1.54) is 6.92 Å². The number of aliphatic carboxylic acids is 1. The Morgan fingerprint density at radius 2 is 1.28 bits per heavy atom. The molecule has 11 heteroatoms. The van der Waals surface area contributed by atoms with Gasteiger partial charge in [0.25, 0.3) is 0 Å². The molecule has 2 aromatic carbocycles. The first-order valence-electron chi connectivity index (χ1n) is 11.4. The van der Waals surface area contributed by atoms with Gasteiger partial charge in [0.05, 0.1) is 18.8 Å². The molecule has 0 aromatic heterocycles. The van der Waals surface area contributed by atoms with E-state index in [0.29, 0.717) is 5.56 Å². The Morgan fingerprint density at radius 1 is 0.778 bits per heavy atom. The summed E-state index contributed by atoms with van der Waals surface area (Å²) in [5.74, 6) is -3.88. The van der Waals surface area contributed by atoms with Crippen LogP contribution in [0.15, 0.2) is 60.7 Å². The van der Waals surface area contributed by atoms with E-state index < -0.39 is 60.6 Å². The van der Waals surface area contributed by atoms with Gasteiger partial charge in [0.1, 0.15) is 18.1 Å². The maximum absolute atomic E-state index is 12.8. The molecule has 5 unspecified atom stereocenters. The van der Waals surface area contributed by atoms with Gasteiger partial charge in [-0.2, -0.15) is 0 Å². The van der Waals surface area contributed by atoms with Gasteiger partial charge in [-0.1, -0.05) is 60.7 Å². The second-order valence-electron chi connectivity index (χ2n) is 8.36. The number of hydrogen-bond acceptors (Lipinski definition) is 7. The van der Waals surface area contributed by atoms with Gasteiger partial charge >= 0.3 is 5.97 Å². The Labute approximate surface area is 208 Å². The van der Waals surface area contributed by atoms with Crippen LogP contribution in [0.3, 0.4) is 0 Å². The number of benzene rings is 2. The first kappa shape index (κ1) is 28.4. The molecule has 194 valence electrons. The maximum Gasteiger partial charge on any atom is 0.326 e. The van der Waals surface area contributed by atoms with Gasteiger partial charge in [-0.25, -0.2) is 4.79 Å². The number of carboxylic acids is 1. The fourth-order valence-electron chi connectivity index (χ4n) is 3.40. The van der Waals surface area contributed by atoms with Crippen LogP contribution >= 0.6 is 0 Å². The molecule has 2 rings (SSSR count). The van der Waals surface area contributed by atoms with Crippen LogP contribution in [0.25, 0.3) is 0 Å². The normalized spacial score (nSPS) is 15.0. The predicted octanol–water partition coefficient (Wildman–Crippen LogP) is -1.29. The quantitative estimate of drug-likeness (QED) is 0.177. The van der Waals surface area contributed by atoms with Gasteiger partial charge < -0.3 is 37.0 Å². The zero-order chi connectivity index (χ0) is 26.7. The van der Waals surface area contributed by atoms with Crippen molar-refractivity contribution in [3.05, 3.63) is 71.8 Å². The van der Waals surface area contributed by atoms with E-state index in [1.807, 2.05) is 6.07 Å². The Bertz CT molecular complexity index is 1020. The molecule has 0 saturated heterocycles. The highest BCUT2D eigenvalue weighted by atomic mass is 16.4. The van der Waals surface area contributed by atoms with E-state index in [1.54, 1.807) is 54.6 Å². The van der Waals surface area contributed by atoms with Crippen LogP contribution in [0.4, 0.5) is 0 Å². The van der Waals surface area contributed by atoms with Crippen LogP contribution in [-0.4, -0.2) is 75.9 Å². The lowest BCUT2D eigenvalue weighted by Crippen LogP contribution is -2.60. The number of carbonyl (C=O) groups is 4. The van der Waals surface area contributed by atoms with Crippen LogP contribution in [-0.2, 0) is 32.0 Å². The number of rotatable bonds is 13. The largest absolute Gasteiger partial charge is 0.480 e. The van der Waals surface area contributed by atoms with Crippen LogP contribution in [0, 0.1) is 0 Å². The molecule has 11 nitrogen and oxygen atoms in total. The van der Waals surface area contributed by atoms with Crippen molar-refractivity contribution in [1.82, 2.24) is 16.0 Å². The number of hydrogen-bond donors (Lipinski definition) is 7. The van der Waals surface area contributed by atoms with Crippen molar-refractivity contribution in [1.29, 1.82) is 0 Å². The molecule has 36 heavy (non-hydrogen) atoms. The van der Waals surface area contributed by atoms with Gasteiger partial charge in [-0.3, -0.25) is 14.4 Å². The number of carbonyl (C=O) groups excluding carboxylic acids is 3. The topological polar surface area (TPSA) is 191 Å². The molecule has 0 aliphatic carbocycles. The van der Waals surface area contributed by atoms with Gasteiger partial charge in [-0.15, -0.1) is 0 Å². The summed E-state index contributed by atoms with van der Waals surface area (Å²) >= 11 is 0. The third-order valence-corrected chi connectivity index (χ3v) is 5.41. The van der Waals surface area contributed by atoms with E-state index in [4.69, 9.17) is 5.73 Å². The monoisotopic (exact) mass is 500 g/mol. The highest BCUT2D eigenvalue weighted by molar-refractivity contribution is 5.94. The van der Waals surface area contributed by atoms with E-state index in [2.05, 4.69) is 16.0 Å². The van der Waals surface area contributed by atoms with Crippen molar-refractivity contribution in [3.8, 4) is 0 Å². The van der Waals surface area contributed by atoms with Gasteiger partial charge in [0.15, 0.2) is 0 Å². The molecule has 3 amide bonds. The molecule has 0 radical (unpaired) electrons. The summed E-state index contributed by atoms with van der Waals surface area (Å²) in [5.41, 5.74) is 7.38. The zero-order valence-electron chi connectivity index (χ0n) is 19.8. The Balaban J connectivity index is 2.01. The first-order valence-corrected chi connectivity index (χ1v) is 11.4. The van der Waals surface area contributed by atoms with E-state index >= 15 is 0 Å². The SMILES string of the molecule is CC(O)C(NC(=O)C(CO)NC(=O)C(N)Cc1ccccc1)C(=O)NC(Cc1ccccc1)C(=O)O. The van der Waals surface area contributed by atoms with Gasteiger partial charge in [0, 0.05) is 6.42 Å². The smallest absolute Gasteiger partial charge is 0.326 e. The average Bonchev–Trinajstić information content (AvgIpc) is 2.85. The summed E-state index contributed by atoms with van der Waals surface area (Å²) in [6.45, 7) is 0.440. The fraction of sp³-hybridized carbons (Fsp3) is 0.360. The molecule has 0 bridgehead atoms. The number of aliphatic hydroxyl groups excluding tert-OH is 2.